The second-order valence-electron chi connectivity index (χ2n) is 4.85. The number of hydrogen-bond acceptors (Lipinski definition) is 2. The third kappa shape index (κ3) is 3.15. The zero-order chi connectivity index (χ0) is 14.7. The number of amides is 1. The predicted molar refractivity (Wildman–Crippen MR) is 77.9 cm³/mol. The summed E-state index contributed by atoms with van der Waals surface area (Å²) in [5.74, 6) is -1.06. The molecule has 0 saturated heterocycles. The van der Waals surface area contributed by atoms with E-state index in [0.717, 1.165) is 17.2 Å². The highest BCUT2D eigenvalue weighted by atomic mass is 19.1. The second-order valence-corrected chi connectivity index (χ2v) is 4.85. The fourth-order valence-electron chi connectivity index (χ4n) is 1.93. The monoisotopic (exact) mass is 272 g/mol. The van der Waals surface area contributed by atoms with Crippen molar-refractivity contribution in [3.8, 4) is 0 Å². The first-order chi connectivity index (χ1) is 9.47. The van der Waals surface area contributed by atoms with E-state index in [0.29, 0.717) is 5.69 Å². The topological polar surface area (TPSA) is 55.1 Å². The fraction of sp³-hybridized carbons (Fsp3) is 0.188. The molecule has 4 heteroatoms. The zero-order valence-electron chi connectivity index (χ0n) is 11.5. The van der Waals surface area contributed by atoms with E-state index in [1.807, 2.05) is 38.1 Å². The van der Waals surface area contributed by atoms with Crippen LogP contribution in [-0.4, -0.2) is 5.91 Å². The average Bonchev–Trinajstić information content (AvgIpc) is 2.39. The van der Waals surface area contributed by atoms with E-state index in [9.17, 15) is 9.18 Å². The van der Waals surface area contributed by atoms with Gasteiger partial charge >= 0.3 is 0 Å². The molecule has 0 spiro atoms. The van der Waals surface area contributed by atoms with Gasteiger partial charge in [-0.15, -0.1) is 0 Å². The van der Waals surface area contributed by atoms with E-state index in [1.54, 1.807) is 0 Å². The Hall–Kier alpha value is -2.36. The summed E-state index contributed by atoms with van der Waals surface area (Å²) in [7, 11) is 0. The average molecular weight is 272 g/mol. The Bertz CT molecular complexity index is 623. The summed E-state index contributed by atoms with van der Waals surface area (Å²) in [5, 5.41) is 2.77. The summed E-state index contributed by atoms with van der Waals surface area (Å²) in [6.07, 6.45) is 0. The molecule has 0 saturated carbocycles. The van der Waals surface area contributed by atoms with Crippen LogP contribution in [0.1, 0.15) is 34.5 Å². The summed E-state index contributed by atoms with van der Waals surface area (Å²) in [4.78, 5) is 12.0. The molecule has 0 aliphatic rings. The van der Waals surface area contributed by atoms with Crippen LogP contribution in [0.3, 0.4) is 0 Å². The Morgan fingerprint density at radius 3 is 2.45 bits per heavy atom. The van der Waals surface area contributed by atoms with Crippen molar-refractivity contribution in [2.45, 2.75) is 19.9 Å². The number of aryl methyl sites for hydroxylation is 1. The zero-order valence-corrected chi connectivity index (χ0v) is 11.5. The molecule has 0 heterocycles. The number of nitrogens with one attached hydrogen (secondary N) is 1. The lowest BCUT2D eigenvalue weighted by Gasteiger charge is -2.15. The van der Waals surface area contributed by atoms with E-state index in [-0.39, 0.29) is 11.6 Å². The molecule has 104 valence electrons. The van der Waals surface area contributed by atoms with Crippen LogP contribution in [0.15, 0.2) is 42.5 Å². The molecule has 0 fully saturated rings. The summed E-state index contributed by atoms with van der Waals surface area (Å²) >= 11 is 0. The first-order valence-electron chi connectivity index (χ1n) is 6.40. The van der Waals surface area contributed by atoms with Gasteiger partial charge in [0.15, 0.2) is 0 Å². The van der Waals surface area contributed by atoms with Gasteiger partial charge in [0.25, 0.3) is 5.91 Å². The number of rotatable bonds is 3. The van der Waals surface area contributed by atoms with E-state index in [1.165, 1.54) is 12.1 Å². The van der Waals surface area contributed by atoms with Crippen molar-refractivity contribution in [1.82, 2.24) is 5.32 Å². The van der Waals surface area contributed by atoms with Crippen molar-refractivity contribution < 1.29 is 9.18 Å². The molecule has 1 atom stereocenters. The van der Waals surface area contributed by atoms with Crippen molar-refractivity contribution in [3.05, 3.63) is 65.0 Å². The number of halogens is 1. The Labute approximate surface area is 117 Å². The van der Waals surface area contributed by atoms with Gasteiger partial charge in [-0.2, -0.15) is 0 Å². The highest BCUT2D eigenvalue weighted by molar-refractivity contribution is 5.95. The third-order valence-corrected chi connectivity index (χ3v) is 3.16. The van der Waals surface area contributed by atoms with Crippen LogP contribution >= 0.6 is 0 Å². The first-order valence-corrected chi connectivity index (χ1v) is 6.40. The number of nitrogens with two attached hydrogens (primary N) is 1. The normalized spacial score (nSPS) is 11.9. The lowest BCUT2D eigenvalue weighted by Crippen LogP contribution is -2.27. The highest BCUT2D eigenvalue weighted by Crippen LogP contribution is 2.16. The van der Waals surface area contributed by atoms with Gasteiger partial charge in [-0.05, 0) is 37.6 Å². The molecule has 0 unspecified atom stereocenters. The van der Waals surface area contributed by atoms with E-state index in [4.69, 9.17) is 5.73 Å². The summed E-state index contributed by atoms with van der Waals surface area (Å²) in [5.41, 5.74) is 7.88. The molecule has 2 rings (SSSR count). The fourth-order valence-corrected chi connectivity index (χ4v) is 1.93. The van der Waals surface area contributed by atoms with Gasteiger partial charge in [0.1, 0.15) is 5.82 Å². The second kappa shape index (κ2) is 5.74. The van der Waals surface area contributed by atoms with Gasteiger partial charge in [-0.1, -0.05) is 29.8 Å². The molecule has 2 aromatic carbocycles. The maximum absolute atomic E-state index is 13.7. The van der Waals surface area contributed by atoms with Crippen molar-refractivity contribution in [1.29, 1.82) is 0 Å². The lowest BCUT2D eigenvalue weighted by atomic mass is 10.1. The van der Waals surface area contributed by atoms with Crippen molar-refractivity contribution in [2.24, 2.45) is 0 Å². The van der Waals surface area contributed by atoms with Gasteiger partial charge in [0.05, 0.1) is 11.6 Å². The molecule has 0 radical (unpaired) electrons. The summed E-state index contributed by atoms with van der Waals surface area (Å²) < 4.78 is 13.7. The SMILES string of the molecule is Cc1ccc([C@@H](C)NC(=O)c2ccc(N)cc2F)cc1. The smallest absolute Gasteiger partial charge is 0.254 e. The van der Waals surface area contributed by atoms with Crippen LogP contribution in [0.2, 0.25) is 0 Å². The van der Waals surface area contributed by atoms with E-state index < -0.39 is 11.7 Å². The molecule has 1 amide bonds. The van der Waals surface area contributed by atoms with Gasteiger partial charge in [0.2, 0.25) is 0 Å². The minimum absolute atomic E-state index is 0.00170. The van der Waals surface area contributed by atoms with Crippen molar-refractivity contribution in [2.75, 3.05) is 5.73 Å². The number of benzene rings is 2. The Morgan fingerprint density at radius 2 is 1.85 bits per heavy atom. The molecule has 0 bridgehead atoms. The summed E-state index contributed by atoms with van der Waals surface area (Å²) in [6, 6.07) is 11.7. The van der Waals surface area contributed by atoms with Crippen LogP contribution < -0.4 is 11.1 Å². The maximum atomic E-state index is 13.7. The minimum Gasteiger partial charge on any atom is -0.399 e. The van der Waals surface area contributed by atoms with Crippen LogP contribution in [0, 0.1) is 12.7 Å². The molecule has 0 aliphatic carbocycles. The maximum Gasteiger partial charge on any atom is 0.254 e. The predicted octanol–water partition coefficient (Wildman–Crippen LogP) is 3.21. The minimum atomic E-state index is -0.612. The number of hydrogen-bond donors (Lipinski definition) is 2. The van der Waals surface area contributed by atoms with Crippen molar-refractivity contribution >= 4 is 11.6 Å². The van der Waals surface area contributed by atoms with Gasteiger partial charge in [-0.25, -0.2) is 4.39 Å². The largest absolute Gasteiger partial charge is 0.399 e. The Morgan fingerprint density at radius 1 is 1.20 bits per heavy atom. The Kier molecular flexibility index (Phi) is 4.03. The molecule has 0 aliphatic heterocycles. The summed E-state index contributed by atoms with van der Waals surface area (Å²) in [6.45, 7) is 3.86. The number of anilines is 1. The molecule has 3 N–H and O–H groups in total. The standard InChI is InChI=1S/C16H17FN2O/c1-10-3-5-12(6-4-10)11(2)19-16(20)14-8-7-13(18)9-15(14)17/h3-9,11H,18H2,1-2H3,(H,19,20)/t11-/m1/s1. The van der Waals surface area contributed by atoms with Gasteiger partial charge < -0.3 is 11.1 Å². The quantitative estimate of drug-likeness (QED) is 0.843. The number of carbonyl (C=O) groups excluding carboxylic acids is 1. The molecule has 0 aromatic heterocycles. The van der Waals surface area contributed by atoms with Crippen LogP contribution in [0.25, 0.3) is 0 Å². The van der Waals surface area contributed by atoms with Crippen molar-refractivity contribution in [3.63, 3.8) is 0 Å². The van der Waals surface area contributed by atoms with Crippen LogP contribution in [-0.2, 0) is 0 Å². The van der Waals surface area contributed by atoms with Gasteiger partial charge in [-0.3, -0.25) is 4.79 Å². The molecule has 3 nitrogen and oxygen atoms in total. The Balaban J connectivity index is 2.13. The van der Waals surface area contributed by atoms with Crippen LogP contribution in [0.4, 0.5) is 10.1 Å². The third-order valence-electron chi connectivity index (χ3n) is 3.16. The number of carbonyl (C=O) groups is 1. The molecular formula is C16H17FN2O. The van der Waals surface area contributed by atoms with E-state index in [2.05, 4.69) is 5.32 Å². The highest BCUT2D eigenvalue weighted by Gasteiger charge is 2.15. The van der Waals surface area contributed by atoms with E-state index >= 15 is 0 Å². The van der Waals surface area contributed by atoms with Gasteiger partial charge in [0, 0.05) is 5.69 Å². The molecular weight excluding hydrogens is 255 g/mol. The molecule has 2 aromatic rings. The van der Waals surface area contributed by atoms with Crippen LogP contribution in [0.5, 0.6) is 0 Å². The number of nitrogen functional groups attached to an aromatic ring is 1. The first kappa shape index (κ1) is 14.1. The lowest BCUT2D eigenvalue weighted by molar-refractivity contribution is 0.0936. The molecule has 20 heavy (non-hydrogen) atoms.